The summed E-state index contributed by atoms with van der Waals surface area (Å²) in [5.41, 5.74) is 2.29. The fourth-order valence-electron chi connectivity index (χ4n) is 1.87. The van der Waals surface area contributed by atoms with Crippen LogP contribution in [0.15, 0.2) is 41.0 Å². The fraction of sp³-hybridized carbons (Fsp3) is 0.250. The molecule has 0 aliphatic carbocycles. The smallest absolute Gasteiger partial charge is 0.140 e. The van der Waals surface area contributed by atoms with Crippen LogP contribution in [0.1, 0.15) is 16.8 Å². The van der Waals surface area contributed by atoms with E-state index in [1.54, 1.807) is 12.3 Å². The van der Waals surface area contributed by atoms with Gasteiger partial charge in [-0.2, -0.15) is 5.26 Å². The minimum atomic E-state index is 0.0983. The maximum atomic E-state index is 8.83. The van der Waals surface area contributed by atoms with E-state index in [9.17, 15) is 0 Å². The van der Waals surface area contributed by atoms with Crippen LogP contribution in [0.2, 0.25) is 0 Å². The molecule has 0 saturated heterocycles. The molecular weight excluding hydrogens is 346 g/mol. The second-order valence-corrected chi connectivity index (χ2v) is 5.52. The van der Waals surface area contributed by atoms with Crippen LogP contribution in [0, 0.1) is 11.3 Å². The molecule has 0 aliphatic heterocycles. The molecule has 1 heterocycles. The van der Waals surface area contributed by atoms with Gasteiger partial charge >= 0.3 is 0 Å². The van der Waals surface area contributed by atoms with Crippen molar-refractivity contribution in [2.45, 2.75) is 13.2 Å². The number of aliphatic hydroxyl groups is 1. The van der Waals surface area contributed by atoms with Crippen molar-refractivity contribution in [3.8, 4) is 11.8 Å². The van der Waals surface area contributed by atoms with Crippen LogP contribution in [0.5, 0.6) is 5.75 Å². The van der Waals surface area contributed by atoms with Crippen molar-refractivity contribution < 1.29 is 9.84 Å². The lowest BCUT2D eigenvalue weighted by molar-refractivity contribution is 0.288. The van der Waals surface area contributed by atoms with Gasteiger partial charge in [-0.1, -0.05) is 22.0 Å². The summed E-state index contributed by atoms with van der Waals surface area (Å²) in [6, 6.07) is 11.3. The average molecular weight is 362 g/mol. The number of rotatable bonds is 7. The Bertz CT molecular complexity index is 653. The second-order valence-electron chi connectivity index (χ2n) is 4.60. The van der Waals surface area contributed by atoms with Gasteiger partial charge in [0, 0.05) is 34.9 Å². The third kappa shape index (κ3) is 4.81. The first-order valence-corrected chi connectivity index (χ1v) is 7.60. The maximum Gasteiger partial charge on any atom is 0.140 e. The highest BCUT2D eigenvalue weighted by Crippen LogP contribution is 2.24. The molecule has 0 atom stereocenters. The maximum absolute atomic E-state index is 8.83. The molecule has 1 aromatic carbocycles. The zero-order chi connectivity index (χ0) is 15.8. The van der Waals surface area contributed by atoms with Crippen LogP contribution in [-0.4, -0.2) is 23.2 Å². The number of hydrogen-bond acceptors (Lipinski definition) is 5. The Hall–Kier alpha value is -1.94. The van der Waals surface area contributed by atoms with Crippen LogP contribution in [0.25, 0.3) is 0 Å². The molecule has 0 bridgehead atoms. The van der Waals surface area contributed by atoms with Crippen molar-refractivity contribution in [2.75, 3.05) is 13.2 Å². The van der Waals surface area contributed by atoms with Gasteiger partial charge in [0.15, 0.2) is 0 Å². The van der Waals surface area contributed by atoms with Gasteiger partial charge in [-0.15, -0.1) is 0 Å². The highest BCUT2D eigenvalue weighted by molar-refractivity contribution is 9.10. The molecule has 2 aromatic rings. The molecule has 0 aliphatic rings. The molecule has 5 nitrogen and oxygen atoms in total. The standard InChI is InChI=1S/C16H16BrN3O2/c17-14-2-4-16(13(7-14)10-19-5-6-21)22-11-12-1-3-15(8-18)20-9-12/h1-4,7,9,19,21H,5-6,10-11H2. The van der Waals surface area contributed by atoms with Gasteiger partial charge in [0.1, 0.15) is 24.1 Å². The third-order valence-electron chi connectivity index (χ3n) is 2.96. The highest BCUT2D eigenvalue weighted by atomic mass is 79.9. The third-order valence-corrected chi connectivity index (χ3v) is 3.45. The average Bonchev–Trinajstić information content (AvgIpc) is 2.55. The summed E-state index contributed by atoms with van der Waals surface area (Å²) in [5, 5.41) is 20.7. The van der Waals surface area contributed by atoms with E-state index in [2.05, 4.69) is 26.2 Å². The van der Waals surface area contributed by atoms with Gasteiger partial charge < -0.3 is 15.2 Å². The number of nitrogens with zero attached hydrogens (tertiary/aromatic N) is 2. The number of pyridine rings is 1. The summed E-state index contributed by atoms with van der Waals surface area (Å²) < 4.78 is 6.81. The highest BCUT2D eigenvalue weighted by Gasteiger charge is 2.05. The van der Waals surface area contributed by atoms with Gasteiger partial charge in [-0.05, 0) is 24.3 Å². The van der Waals surface area contributed by atoms with Crippen molar-refractivity contribution >= 4 is 15.9 Å². The van der Waals surface area contributed by atoms with E-state index in [4.69, 9.17) is 15.1 Å². The van der Waals surface area contributed by atoms with Crippen molar-refractivity contribution in [3.63, 3.8) is 0 Å². The van der Waals surface area contributed by atoms with Gasteiger partial charge in [0.25, 0.3) is 0 Å². The predicted molar refractivity (Wildman–Crippen MR) is 86.2 cm³/mol. The number of nitrogens with one attached hydrogen (secondary N) is 1. The zero-order valence-electron chi connectivity index (χ0n) is 11.9. The molecule has 0 spiro atoms. The summed E-state index contributed by atoms with van der Waals surface area (Å²) in [6.07, 6.45) is 1.64. The van der Waals surface area contributed by atoms with Crippen LogP contribution >= 0.6 is 15.9 Å². The van der Waals surface area contributed by atoms with Crippen molar-refractivity contribution in [2.24, 2.45) is 0 Å². The molecule has 2 rings (SSSR count). The Morgan fingerprint density at radius 1 is 1.32 bits per heavy atom. The quantitative estimate of drug-likeness (QED) is 0.740. The van der Waals surface area contributed by atoms with Gasteiger partial charge in [0.2, 0.25) is 0 Å². The monoisotopic (exact) mass is 361 g/mol. The van der Waals surface area contributed by atoms with E-state index in [-0.39, 0.29) is 6.61 Å². The van der Waals surface area contributed by atoms with Crippen LogP contribution in [0.3, 0.4) is 0 Å². The summed E-state index contributed by atoms with van der Waals surface area (Å²) in [6.45, 7) is 1.63. The van der Waals surface area contributed by atoms with Crippen molar-refractivity contribution in [1.29, 1.82) is 5.26 Å². The fourth-order valence-corrected chi connectivity index (χ4v) is 2.27. The van der Waals surface area contributed by atoms with Crippen LogP contribution < -0.4 is 10.1 Å². The number of halogens is 1. The number of aromatic nitrogens is 1. The molecule has 0 saturated carbocycles. The Balaban J connectivity index is 2.03. The number of ether oxygens (including phenoxy) is 1. The molecule has 6 heteroatoms. The van der Waals surface area contributed by atoms with Crippen LogP contribution in [0.4, 0.5) is 0 Å². The van der Waals surface area contributed by atoms with Gasteiger partial charge in [-0.25, -0.2) is 4.98 Å². The normalized spacial score (nSPS) is 10.2. The minimum absolute atomic E-state index is 0.0983. The summed E-state index contributed by atoms with van der Waals surface area (Å²) >= 11 is 3.44. The Morgan fingerprint density at radius 3 is 2.86 bits per heavy atom. The molecular formula is C16H16BrN3O2. The van der Waals surface area contributed by atoms with Crippen molar-refractivity contribution in [1.82, 2.24) is 10.3 Å². The molecule has 0 fully saturated rings. The predicted octanol–water partition coefficient (Wildman–Crippen LogP) is 2.38. The lowest BCUT2D eigenvalue weighted by atomic mass is 10.2. The first-order valence-electron chi connectivity index (χ1n) is 6.81. The first kappa shape index (κ1) is 16.4. The lowest BCUT2D eigenvalue weighted by Gasteiger charge is -2.12. The first-order chi connectivity index (χ1) is 10.7. The molecule has 2 N–H and O–H groups in total. The van der Waals surface area contributed by atoms with E-state index < -0.39 is 0 Å². The van der Waals surface area contributed by atoms with Gasteiger partial charge in [-0.3, -0.25) is 0 Å². The summed E-state index contributed by atoms with van der Waals surface area (Å²) in [4.78, 5) is 4.02. The van der Waals surface area contributed by atoms with Crippen molar-refractivity contribution in [3.05, 3.63) is 57.8 Å². The summed E-state index contributed by atoms with van der Waals surface area (Å²) in [5.74, 6) is 0.776. The van der Waals surface area contributed by atoms with Gasteiger partial charge in [0.05, 0.1) is 6.61 Å². The molecule has 0 amide bonds. The second kappa shape index (κ2) is 8.49. The number of hydrogen-bond donors (Lipinski definition) is 2. The molecule has 22 heavy (non-hydrogen) atoms. The number of nitriles is 1. The van der Waals surface area contributed by atoms with E-state index in [1.807, 2.05) is 30.3 Å². The van der Waals surface area contributed by atoms with E-state index in [0.29, 0.717) is 25.4 Å². The molecule has 0 radical (unpaired) electrons. The number of benzene rings is 1. The molecule has 1 aromatic heterocycles. The van der Waals surface area contributed by atoms with E-state index in [1.165, 1.54) is 0 Å². The Morgan fingerprint density at radius 2 is 2.18 bits per heavy atom. The minimum Gasteiger partial charge on any atom is -0.489 e. The SMILES string of the molecule is N#Cc1ccc(COc2ccc(Br)cc2CNCCO)cn1. The largest absolute Gasteiger partial charge is 0.489 e. The lowest BCUT2D eigenvalue weighted by Crippen LogP contribution is -2.18. The van der Waals surface area contributed by atoms with E-state index >= 15 is 0 Å². The molecule has 0 unspecified atom stereocenters. The molecule has 114 valence electrons. The topological polar surface area (TPSA) is 78.2 Å². The number of aliphatic hydroxyl groups excluding tert-OH is 1. The zero-order valence-corrected chi connectivity index (χ0v) is 13.5. The van der Waals surface area contributed by atoms with E-state index in [0.717, 1.165) is 21.3 Å². The Kier molecular flexibility index (Phi) is 6.34. The Labute approximate surface area is 137 Å². The van der Waals surface area contributed by atoms with Crippen LogP contribution in [-0.2, 0) is 13.2 Å². The summed E-state index contributed by atoms with van der Waals surface area (Å²) in [7, 11) is 0.